The number of methoxy groups -OCH3 is 1. The molecule has 26 heavy (non-hydrogen) atoms. The minimum Gasteiger partial charge on any atom is -0.493 e. The van der Waals surface area contributed by atoms with Gasteiger partial charge < -0.3 is 14.8 Å². The Kier molecular flexibility index (Phi) is 5.90. The molecule has 1 amide bonds. The van der Waals surface area contributed by atoms with Crippen LogP contribution in [0.2, 0.25) is 0 Å². The number of thiazole rings is 1. The lowest BCUT2D eigenvalue weighted by atomic mass is 10.1. The molecule has 0 saturated heterocycles. The van der Waals surface area contributed by atoms with Gasteiger partial charge in [-0.2, -0.15) is 0 Å². The van der Waals surface area contributed by atoms with Gasteiger partial charge in [0, 0.05) is 28.4 Å². The molecule has 0 spiro atoms. The molecule has 0 bridgehead atoms. The molecule has 0 unspecified atom stereocenters. The third-order valence-corrected chi connectivity index (χ3v) is 5.01. The molecule has 134 valence electrons. The van der Waals surface area contributed by atoms with Crippen molar-refractivity contribution in [3.63, 3.8) is 0 Å². The van der Waals surface area contributed by atoms with Gasteiger partial charge in [0.2, 0.25) is 0 Å². The molecule has 0 fully saturated rings. The lowest BCUT2D eigenvalue weighted by Crippen LogP contribution is -2.12. The van der Waals surface area contributed by atoms with Gasteiger partial charge in [-0.25, -0.2) is 4.98 Å². The summed E-state index contributed by atoms with van der Waals surface area (Å²) in [6.45, 7) is 2.40. The molecule has 7 heteroatoms. The lowest BCUT2D eigenvalue weighted by Gasteiger charge is -2.13. The highest BCUT2D eigenvalue weighted by Gasteiger charge is 2.15. The van der Waals surface area contributed by atoms with Gasteiger partial charge >= 0.3 is 0 Å². The SMILES string of the molecule is CCOc1c(Br)cc(C(=O)Nc2ccc(-c3nccs3)cc2)cc1OC. The number of carbonyl (C=O) groups excluding carboxylic acids is 1. The number of carbonyl (C=O) groups is 1. The Hall–Kier alpha value is -2.38. The number of anilines is 1. The second-order valence-electron chi connectivity index (χ2n) is 5.29. The molecule has 3 rings (SSSR count). The molecule has 5 nitrogen and oxygen atoms in total. The molecule has 0 atom stereocenters. The van der Waals surface area contributed by atoms with Crippen LogP contribution in [-0.2, 0) is 0 Å². The summed E-state index contributed by atoms with van der Waals surface area (Å²) in [6, 6.07) is 11.0. The van der Waals surface area contributed by atoms with Crippen molar-refractivity contribution in [3.05, 3.63) is 58.0 Å². The number of hydrogen-bond donors (Lipinski definition) is 1. The fourth-order valence-corrected chi connectivity index (χ4v) is 3.60. The van der Waals surface area contributed by atoms with E-state index in [1.807, 2.05) is 36.6 Å². The second-order valence-corrected chi connectivity index (χ2v) is 7.04. The van der Waals surface area contributed by atoms with Crippen LogP contribution in [0.15, 0.2) is 52.4 Å². The van der Waals surface area contributed by atoms with Gasteiger partial charge in [0.1, 0.15) is 5.01 Å². The van der Waals surface area contributed by atoms with E-state index in [4.69, 9.17) is 9.47 Å². The summed E-state index contributed by atoms with van der Waals surface area (Å²) in [4.78, 5) is 16.9. The number of nitrogens with one attached hydrogen (secondary N) is 1. The summed E-state index contributed by atoms with van der Waals surface area (Å²) in [5, 5.41) is 5.77. The first-order valence-corrected chi connectivity index (χ1v) is 9.61. The van der Waals surface area contributed by atoms with Crippen LogP contribution in [-0.4, -0.2) is 24.6 Å². The highest BCUT2D eigenvalue weighted by Crippen LogP contribution is 2.36. The van der Waals surface area contributed by atoms with Crippen LogP contribution < -0.4 is 14.8 Å². The first-order chi connectivity index (χ1) is 12.6. The molecule has 0 saturated carbocycles. The lowest BCUT2D eigenvalue weighted by molar-refractivity contribution is 0.102. The Labute approximate surface area is 164 Å². The molecule has 0 aliphatic heterocycles. The topological polar surface area (TPSA) is 60.5 Å². The molecule has 0 aliphatic carbocycles. The Balaban J connectivity index is 1.78. The predicted octanol–water partition coefficient (Wildman–Crippen LogP) is 5.23. The Morgan fingerprint density at radius 3 is 2.65 bits per heavy atom. The quantitative estimate of drug-likeness (QED) is 0.578. The number of halogens is 1. The fourth-order valence-electron chi connectivity index (χ4n) is 2.40. The maximum atomic E-state index is 12.6. The van der Waals surface area contributed by atoms with Gasteiger partial charge in [-0.15, -0.1) is 11.3 Å². The van der Waals surface area contributed by atoms with Crippen LogP contribution in [0.4, 0.5) is 5.69 Å². The van der Waals surface area contributed by atoms with E-state index in [1.54, 1.807) is 36.8 Å². The van der Waals surface area contributed by atoms with Gasteiger partial charge in [0.15, 0.2) is 11.5 Å². The maximum Gasteiger partial charge on any atom is 0.255 e. The standard InChI is InChI=1S/C19H17BrN2O3S/c1-3-25-17-15(20)10-13(11-16(17)24-2)18(23)22-14-6-4-12(5-7-14)19-21-8-9-26-19/h4-11H,3H2,1-2H3,(H,22,23). The monoisotopic (exact) mass is 432 g/mol. The molecule has 1 aromatic heterocycles. The van der Waals surface area contributed by atoms with Gasteiger partial charge in [-0.1, -0.05) is 0 Å². The van der Waals surface area contributed by atoms with Crippen molar-refractivity contribution in [3.8, 4) is 22.1 Å². The zero-order valence-electron chi connectivity index (χ0n) is 14.3. The highest BCUT2D eigenvalue weighted by atomic mass is 79.9. The average Bonchev–Trinajstić information content (AvgIpc) is 3.18. The smallest absolute Gasteiger partial charge is 0.255 e. The van der Waals surface area contributed by atoms with Crippen molar-refractivity contribution in [2.24, 2.45) is 0 Å². The van der Waals surface area contributed by atoms with E-state index in [2.05, 4.69) is 26.2 Å². The number of aromatic nitrogens is 1. The van der Waals surface area contributed by atoms with Crippen LogP contribution in [0.1, 0.15) is 17.3 Å². The third kappa shape index (κ3) is 4.05. The summed E-state index contributed by atoms with van der Waals surface area (Å²) >= 11 is 5.01. The van der Waals surface area contributed by atoms with Crippen molar-refractivity contribution >= 4 is 38.9 Å². The van der Waals surface area contributed by atoms with E-state index < -0.39 is 0 Å². The first-order valence-electron chi connectivity index (χ1n) is 7.94. The highest BCUT2D eigenvalue weighted by molar-refractivity contribution is 9.10. The van der Waals surface area contributed by atoms with Crippen LogP contribution in [0.3, 0.4) is 0 Å². The molecule has 0 aliphatic rings. The largest absolute Gasteiger partial charge is 0.493 e. The molecular formula is C19H17BrN2O3S. The number of benzene rings is 2. The van der Waals surface area contributed by atoms with Crippen LogP contribution in [0.25, 0.3) is 10.6 Å². The summed E-state index contributed by atoms with van der Waals surface area (Å²) in [6.07, 6.45) is 1.77. The summed E-state index contributed by atoms with van der Waals surface area (Å²) < 4.78 is 11.6. The van der Waals surface area contributed by atoms with Crippen molar-refractivity contribution in [2.75, 3.05) is 19.0 Å². The molecule has 0 radical (unpaired) electrons. The van der Waals surface area contributed by atoms with E-state index in [9.17, 15) is 4.79 Å². The summed E-state index contributed by atoms with van der Waals surface area (Å²) in [7, 11) is 1.54. The van der Waals surface area contributed by atoms with Crippen LogP contribution in [0, 0.1) is 0 Å². The second kappa shape index (κ2) is 8.33. The van der Waals surface area contributed by atoms with Crippen LogP contribution in [0.5, 0.6) is 11.5 Å². The number of amides is 1. The number of ether oxygens (including phenoxy) is 2. The number of hydrogen-bond acceptors (Lipinski definition) is 5. The molecular weight excluding hydrogens is 416 g/mol. The van der Waals surface area contributed by atoms with Gasteiger partial charge in [0.25, 0.3) is 5.91 Å². The van der Waals surface area contributed by atoms with E-state index in [1.165, 1.54) is 0 Å². The normalized spacial score (nSPS) is 10.4. The van der Waals surface area contributed by atoms with E-state index in [-0.39, 0.29) is 5.91 Å². The van der Waals surface area contributed by atoms with Crippen LogP contribution >= 0.6 is 27.3 Å². The van der Waals surface area contributed by atoms with E-state index in [0.29, 0.717) is 33.8 Å². The zero-order valence-corrected chi connectivity index (χ0v) is 16.7. The van der Waals surface area contributed by atoms with Crippen molar-refractivity contribution in [1.29, 1.82) is 0 Å². The number of rotatable bonds is 6. The Bertz CT molecular complexity index is 896. The molecule has 3 aromatic rings. The Morgan fingerprint density at radius 1 is 1.27 bits per heavy atom. The molecule has 2 aromatic carbocycles. The zero-order chi connectivity index (χ0) is 18.5. The minimum absolute atomic E-state index is 0.228. The molecule has 1 heterocycles. The van der Waals surface area contributed by atoms with Gasteiger partial charge in [0.05, 0.1) is 18.2 Å². The van der Waals surface area contributed by atoms with E-state index >= 15 is 0 Å². The molecule has 1 N–H and O–H groups in total. The fraction of sp³-hybridized carbons (Fsp3) is 0.158. The van der Waals surface area contributed by atoms with E-state index in [0.717, 1.165) is 10.6 Å². The van der Waals surface area contributed by atoms with Crippen molar-refractivity contribution < 1.29 is 14.3 Å². The summed E-state index contributed by atoms with van der Waals surface area (Å²) in [5.41, 5.74) is 2.20. The van der Waals surface area contributed by atoms with Crippen molar-refractivity contribution in [2.45, 2.75) is 6.92 Å². The minimum atomic E-state index is -0.228. The number of nitrogens with zero attached hydrogens (tertiary/aromatic N) is 1. The third-order valence-electron chi connectivity index (χ3n) is 3.60. The predicted molar refractivity (Wildman–Crippen MR) is 107 cm³/mol. The van der Waals surface area contributed by atoms with Crippen molar-refractivity contribution in [1.82, 2.24) is 4.98 Å². The van der Waals surface area contributed by atoms with Gasteiger partial charge in [-0.3, -0.25) is 4.79 Å². The maximum absolute atomic E-state index is 12.6. The summed E-state index contributed by atoms with van der Waals surface area (Å²) in [5.74, 6) is 0.860. The Morgan fingerprint density at radius 2 is 2.04 bits per heavy atom. The average molecular weight is 433 g/mol. The van der Waals surface area contributed by atoms with Gasteiger partial charge in [-0.05, 0) is 59.3 Å². The first kappa shape index (κ1) is 18.4.